The summed E-state index contributed by atoms with van der Waals surface area (Å²) in [6.07, 6.45) is 6.61. The highest BCUT2D eigenvalue weighted by atomic mass is 16.6. The number of rotatable bonds is 11. The fraction of sp³-hybridized carbons (Fsp3) is 1.00. The Balaban J connectivity index is 2.13. The normalized spacial score (nSPS) is 28.1. The molecule has 0 aromatic heterocycles. The first kappa shape index (κ1) is 16.9. The van der Waals surface area contributed by atoms with Crippen LogP contribution in [-0.4, -0.2) is 49.8 Å². The Bertz CT molecular complexity index is 222. The van der Waals surface area contributed by atoms with E-state index in [0.717, 1.165) is 6.42 Å². The van der Waals surface area contributed by atoms with Crippen molar-refractivity contribution in [3.8, 4) is 0 Å². The average molecular weight is 274 g/mol. The molecule has 0 bridgehead atoms. The van der Waals surface area contributed by atoms with Gasteiger partial charge in [-0.3, -0.25) is 0 Å². The van der Waals surface area contributed by atoms with Crippen LogP contribution in [0.15, 0.2) is 0 Å². The van der Waals surface area contributed by atoms with E-state index in [1.165, 1.54) is 25.7 Å². The summed E-state index contributed by atoms with van der Waals surface area (Å²) in [7, 11) is 1.65. The number of hydrogen-bond acceptors (Lipinski definition) is 4. The number of ether oxygens (including phenoxy) is 3. The van der Waals surface area contributed by atoms with Gasteiger partial charge in [-0.15, -0.1) is 0 Å². The second kappa shape index (κ2) is 9.70. The van der Waals surface area contributed by atoms with Gasteiger partial charge in [0.25, 0.3) is 0 Å². The van der Waals surface area contributed by atoms with Crippen molar-refractivity contribution in [2.45, 2.75) is 76.8 Å². The van der Waals surface area contributed by atoms with Gasteiger partial charge in [-0.25, -0.2) is 0 Å². The van der Waals surface area contributed by atoms with Crippen LogP contribution in [0.3, 0.4) is 0 Å². The second-order valence-corrected chi connectivity index (χ2v) is 5.47. The molecule has 1 fully saturated rings. The zero-order valence-electron chi connectivity index (χ0n) is 12.6. The van der Waals surface area contributed by atoms with Gasteiger partial charge >= 0.3 is 0 Å². The van der Waals surface area contributed by atoms with Gasteiger partial charge < -0.3 is 19.3 Å². The van der Waals surface area contributed by atoms with Crippen LogP contribution in [0.25, 0.3) is 0 Å². The van der Waals surface area contributed by atoms with E-state index >= 15 is 0 Å². The van der Waals surface area contributed by atoms with Crippen LogP contribution >= 0.6 is 0 Å². The third kappa shape index (κ3) is 6.21. The molecule has 0 amide bonds. The maximum Gasteiger partial charge on any atom is 0.110 e. The van der Waals surface area contributed by atoms with Gasteiger partial charge in [-0.05, 0) is 13.3 Å². The van der Waals surface area contributed by atoms with Crippen molar-refractivity contribution in [2.75, 3.05) is 20.3 Å². The van der Waals surface area contributed by atoms with Crippen molar-refractivity contribution in [2.24, 2.45) is 0 Å². The van der Waals surface area contributed by atoms with Crippen LogP contribution in [0.5, 0.6) is 0 Å². The van der Waals surface area contributed by atoms with Crippen LogP contribution in [0.2, 0.25) is 0 Å². The van der Waals surface area contributed by atoms with E-state index in [9.17, 15) is 5.11 Å². The van der Waals surface area contributed by atoms with Crippen LogP contribution in [0.4, 0.5) is 0 Å². The average Bonchev–Trinajstić information content (AvgIpc) is 2.39. The highest BCUT2D eigenvalue weighted by Crippen LogP contribution is 2.29. The van der Waals surface area contributed by atoms with Gasteiger partial charge in [0.05, 0.1) is 31.5 Å². The molecule has 4 atom stereocenters. The van der Waals surface area contributed by atoms with Crippen molar-refractivity contribution in [1.82, 2.24) is 0 Å². The van der Waals surface area contributed by atoms with Gasteiger partial charge in [0.15, 0.2) is 0 Å². The molecule has 0 aromatic rings. The Morgan fingerprint density at radius 2 is 2.00 bits per heavy atom. The largest absolute Gasteiger partial charge is 0.390 e. The van der Waals surface area contributed by atoms with E-state index in [2.05, 4.69) is 13.8 Å². The third-order valence-electron chi connectivity index (χ3n) is 3.69. The molecule has 114 valence electrons. The maximum absolute atomic E-state index is 9.69. The molecule has 0 heterocycles. The minimum Gasteiger partial charge on any atom is -0.390 e. The van der Waals surface area contributed by atoms with E-state index < -0.39 is 0 Å². The van der Waals surface area contributed by atoms with Gasteiger partial charge in [0, 0.05) is 13.5 Å². The molecule has 0 radical (unpaired) electrons. The predicted molar refractivity (Wildman–Crippen MR) is 75.3 cm³/mol. The van der Waals surface area contributed by atoms with Crippen molar-refractivity contribution in [3.05, 3.63) is 0 Å². The Kier molecular flexibility index (Phi) is 8.62. The Morgan fingerprint density at radius 3 is 2.63 bits per heavy atom. The Labute approximate surface area is 117 Å². The molecule has 4 nitrogen and oxygen atoms in total. The first-order chi connectivity index (χ1) is 9.19. The topological polar surface area (TPSA) is 47.9 Å². The SMILES string of the molecule is CCCCCCC(C)OC1CC(O)C1OCCOC. The third-order valence-corrected chi connectivity index (χ3v) is 3.69. The van der Waals surface area contributed by atoms with Crippen molar-refractivity contribution >= 4 is 0 Å². The van der Waals surface area contributed by atoms with Gasteiger partial charge in [-0.2, -0.15) is 0 Å². The molecule has 19 heavy (non-hydrogen) atoms. The number of unbranched alkanes of at least 4 members (excludes halogenated alkanes) is 3. The van der Waals surface area contributed by atoms with Crippen molar-refractivity contribution < 1.29 is 19.3 Å². The van der Waals surface area contributed by atoms with Crippen molar-refractivity contribution in [1.29, 1.82) is 0 Å². The molecule has 1 aliphatic carbocycles. The van der Waals surface area contributed by atoms with Gasteiger partial charge in [0.2, 0.25) is 0 Å². The van der Waals surface area contributed by atoms with Crippen LogP contribution in [-0.2, 0) is 14.2 Å². The summed E-state index contributed by atoms with van der Waals surface area (Å²) in [4.78, 5) is 0. The molecule has 1 rings (SSSR count). The number of methoxy groups -OCH3 is 1. The molecule has 1 aliphatic rings. The summed E-state index contributed by atoms with van der Waals surface area (Å²) in [6, 6.07) is 0. The van der Waals surface area contributed by atoms with E-state index in [4.69, 9.17) is 14.2 Å². The summed E-state index contributed by atoms with van der Waals surface area (Å²) in [6.45, 7) is 5.41. The molecule has 0 aromatic carbocycles. The zero-order valence-corrected chi connectivity index (χ0v) is 12.6. The minimum absolute atomic E-state index is 0.0491. The fourth-order valence-electron chi connectivity index (χ4n) is 2.40. The lowest BCUT2D eigenvalue weighted by Crippen LogP contribution is -2.54. The first-order valence-corrected chi connectivity index (χ1v) is 7.63. The molecular formula is C15H30O4. The second-order valence-electron chi connectivity index (χ2n) is 5.47. The van der Waals surface area contributed by atoms with Gasteiger partial charge in [-0.1, -0.05) is 32.6 Å². The minimum atomic E-state index is -0.380. The molecule has 1 N–H and O–H groups in total. The fourth-order valence-corrected chi connectivity index (χ4v) is 2.40. The predicted octanol–water partition coefficient (Wildman–Crippen LogP) is 2.53. The smallest absolute Gasteiger partial charge is 0.110 e. The summed E-state index contributed by atoms with van der Waals surface area (Å²) in [5.41, 5.74) is 0. The monoisotopic (exact) mass is 274 g/mol. The van der Waals surface area contributed by atoms with Gasteiger partial charge in [0.1, 0.15) is 6.10 Å². The number of aliphatic hydroxyl groups excluding tert-OH is 1. The van der Waals surface area contributed by atoms with E-state index in [-0.39, 0.29) is 24.4 Å². The molecule has 4 unspecified atom stereocenters. The first-order valence-electron chi connectivity index (χ1n) is 7.63. The lowest BCUT2D eigenvalue weighted by atomic mass is 9.87. The highest BCUT2D eigenvalue weighted by molar-refractivity contribution is 4.92. The molecule has 0 aliphatic heterocycles. The molecule has 0 spiro atoms. The highest BCUT2D eigenvalue weighted by Gasteiger charge is 2.42. The summed E-state index contributed by atoms with van der Waals surface area (Å²) < 4.78 is 16.5. The zero-order chi connectivity index (χ0) is 14.1. The molecule has 1 saturated carbocycles. The number of hydrogen-bond donors (Lipinski definition) is 1. The Hall–Kier alpha value is -0.160. The summed E-state index contributed by atoms with van der Waals surface area (Å²) in [5.74, 6) is 0. The molecule has 0 saturated heterocycles. The van der Waals surface area contributed by atoms with Crippen LogP contribution in [0, 0.1) is 0 Å². The Morgan fingerprint density at radius 1 is 1.21 bits per heavy atom. The molecular weight excluding hydrogens is 244 g/mol. The summed E-state index contributed by atoms with van der Waals surface area (Å²) >= 11 is 0. The maximum atomic E-state index is 9.69. The lowest BCUT2D eigenvalue weighted by molar-refractivity contribution is -0.208. The number of aliphatic hydroxyl groups is 1. The summed E-state index contributed by atoms with van der Waals surface area (Å²) in [5, 5.41) is 9.69. The molecule has 4 heteroatoms. The standard InChI is InChI=1S/C15H30O4/c1-4-5-6-7-8-12(2)19-14-11-13(16)15(14)18-10-9-17-3/h12-16H,4-11H2,1-3H3. The van der Waals surface area contributed by atoms with Crippen LogP contribution < -0.4 is 0 Å². The van der Waals surface area contributed by atoms with E-state index in [0.29, 0.717) is 19.6 Å². The van der Waals surface area contributed by atoms with Crippen molar-refractivity contribution in [3.63, 3.8) is 0 Å². The van der Waals surface area contributed by atoms with E-state index in [1.807, 2.05) is 0 Å². The quantitative estimate of drug-likeness (QED) is 0.588. The lowest BCUT2D eigenvalue weighted by Gasteiger charge is -2.42. The van der Waals surface area contributed by atoms with E-state index in [1.54, 1.807) is 7.11 Å². The van der Waals surface area contributed by atoms with Crippen LogP contribution in [0.1, 0.15) is 52.4 Å².